The van der Waals surface area contributed by atoms with E-state index in [1.807, 2.05) is 6.33 Å². The average Bonchev–Trinajstić information content (AvgIpc) is 3.46. The predicted molar refractivity (Wildman–Crippen MR) is 151 cm³/mol. The van der Waals surface area contributed by atoms with Gasteiger partial charge in [0.25, 0.3) is 12.0 Å². The van der Waals surface area contributed by atoms with Crippen LogP contribution in [0.15, 0.2) is 73.1 Å². The molecule has 1 aliphatic heterocycles. The zero-order valence-corrected chi connectivity index (χ0v) is 22.3. The molecule has 188 valence electrons. The summed E-state index contributed by atoms with van der Waals surface area (Å²) in [6.45, 7) is 6.75. The van der Waals surface area contributed by atoms with E-state index in [0.29, 0.717) is 0 Å². The van der Waals surface area contributed by atoms with Gasteiger partial charge in [0.2, 0.25) is 5.79 Å². The second-order valence-electron chi connectivity index (χ2n) is 12.1. The molecule has 0 bridgehead atoms. The Hall–Kier alpha value is -3.80. The molecule has 2 aliphatic rings. The van der Waals surface area contributed by atoms with Crippen molar-refractivity contribution in [2.24, 2.45) is 7.05 Å². The van der Waals surface area contributed by atoms with Crippen LogP contribution in [0.25, 0.3) is 54.7 Å². The number of aromatic nitrogens is 3. The van der Waals surface area contributed by atoms with Gasteiger partial charge in [0, 0.05) is 25.1 Å². The molecule has 0 amide bonds. The summed E-state index contributed by atoms with van der Waals surface area (Å²) in [6, 6.07) is 24.1. The first-order valence-corrected chi connectivity index (χ1v) is 13.3. The van der Waals surface area contributed by atoms with Gasteiger partial charge in [0.15, 0.2) is 6.04 Å². The lowest BCUT2D eigenvalue weighted by Gasteiger charge is -2.22. The van der Waals surface area contributed by atoms with Gasteiger partial charge in [-0.1, -0.05) is 75.4 Å². The van der Waals surface area contributed by atoms with E-state index in [2.05, 4.69) is 104 Å². The van der Waals surface area contributed by atoms with Gasteiger partial charge in [-0.3, -0.25) is 0 Å². The topological polar surface area (TPSA) is 51.2 Å². The highest BCUT2D eigenvalue weighted by Gasteiger charge is 2.73. The van der Waals surface area contributed by atoms with Crippen molar-refractivity contribution in [1.29, 1.82) is 0 Å². The molecule has 2 aromatic heterocycles. The molecule has 3 heterocycles. The van der Waals surface area contributed by atoms with Crippen LogP contribution in [0.3, 0.4) is 0 Å². The maximum atomic E-state index is 11.6. The fourth-order valence-electron chi connectivity index (χ4n) is 6.93. The quantitative estimate of drug-likeness (QED) is 0.214. The van der Waals surface area contributed by atoms with Crippen LogP contribution in [0, 0.1) is 0 Å². The van der Waals surface area contributed by atoms with E-state index in [9.17, 15) is 5.11 Å². The Balaban J connectivity index is 1.55. The lowest BCUT2D eigenvalue weighted by molar-refractivity contribution is -0.703. The fraction of sp³-hybridized carbons (Fsp3) is 0.273. The third-order valence-electron chi connectivity index (χ3n) is 9.03. The molecule has 5 heteroatoms. The van der Waals surface area contributed by atoms with E-state index in [0.717, 1.165) is 27.8 Å². The standard InChI is InChI=1S/C33H30N3O2/c1-32(2,3)21-11-13-22-20(14-21)10-12-23-26(22)29-27-24-15-18-8-6-7-9-19(18)16-25(24)35(4)31(27)34-17-36(29)30-28(23)33(30,37)38-5/h6-17,28,30,37H,1-5H3/q+1. The first-order chi connectivity index (χ1) is 18.2. The van der Waals surface area contributed by atoms with E-state index in [1.54, 1.807) is 7.11 Å². The van der Waals surface area contributed by atoms with Gasteiger partial charge in [-0.05, 0) is 55.2 Å². The molecule has 0 saturated heterocycles. The summed E-state index contributed by atoms with van der Waals surface area (Å²) >= 11 is 0. The first-order valence-electron chi connectivity index (χ1n) is 13.3. The second-order valence-corrected chi connectivity index (χ2v) is 12.1. The summed E-state index contributed by atoms with van der Waals surface area (Å²) in [7, 11) is 3.70. The molecule has 1 saturated carbocycles. The van der Waals surface area contributed by atoms with Gasteiger partial charge >= 0.3 is 0 Å². The molecular formula is C33H30N3O2+. The number of hydrogen-bond donors (Lipinski definition) is 1. The van der Waals surface area contributed by atoms with Crippen LogP contribution >= 0.6 is 0 Å². The van der Waals surface area contributed by atoms with Crippen molar-refractivity contribution in [3.8, 4) is 11.3 Å². The van der Waals surface area contributed by atoms with Crippen molar-refractivity contribution >= 4 is 43.5 Å². The van der Waals surface area contributed by atoms with Crippen LogP contribution in [0.2, 0.25) is 0 Å². The zero-order valence-electron chi connectivity index (χ0n) is 22.3. The van der Waals surface area contributed by atoms with Gasteiger partial charge < -0.3 is 14.4 Å². The molecule has 0 radical (unpaired) electrons. The Morgan fingerprint density at radius 3 is 2.45 bits per heavy atom. The van der Waals surface area contributed by atoms with Gasteiger partial charge in [-0.25, -0.2) is 4.57 Å². The number of rotatable bonds is 1. The number of hydrogen-bond acceptors (Lipinski definition) is 3. The summed E-state index contributed by atoms with van der Waals surface area (Å²) in [4.78, 5) is 4.96. The van der Waals surface area contributed by atoms with Crippen LogP contribution in [0.1, 0.15) is 43.9 Å². The van der Waals surface area contributed by atoms with Crippen molar-refractivity contribution in [2.45, 2.75) is 43.9 Å². The largest absolute Gasteiger partial charge is 0.362 e. The highest BCUT2D eigenvalue weighted by Crippen LogP contribution is 2.64. The molecule has 3 unspecified atom stereocenters. The van der Waals surface area contributed by atoms with Crippen LogP contribution < -0.4 is 4.57 Å². The summed E-state index contributed by atoms with van der Waals surface area (Å²) in [5.74, 6) is -1.39. The van der Waals surface area contributed by atoms with Gasteiger partial charge in [0.1, 0.15) is 11.1 Å². The molecule has 4 aromatic carbocycles. The molecule has 6 aromatic rings. The van der Waals surface area contributed by atoms with E-state index in [4.69, 9.17) is 9.72 Å². The summed E-state index contributed by atoms with van der Waals surface area (Å²) in [6.07, 6.45) is 1.90. The van der Waals surface area contributed by atoms with Crippen molar-refractivity contribution in [3.63, 3.8) is 0 Å². The minimum absolute atomic E-state index is 0.0581. The number of aliphatic hydroxyl groups is 1. The number of benzene rings is 4. The lowest BCUT2D eigenvalue weighted by Crippen LogP contribution is -2.41. The van der Waals surface area contributed by atoms with E-state index >= 15 is 0 Å². The molecule has 5 nitrogen and oxygen atoms in total. The van der Waals surface area contributed by atoms with Crippen molar-refractivity contribution in [2.75, 3.05) is 7.11 Å². The van der Waals surface area contributed by atoms with Crippen LogP contribution in [0.5, 0.6) is 0 Å². The number of fused-ring (bicyclic) bond motifs is 13. The van der Waals surface area contributed by atoms with Crippen LogP contribution in [-0.4, -0.2) is 27.6 Å². The van der Waals surface area contributed by atoms with Crippen molar-refractivity contribution in [3.05, 3.63) is 84.2 Å². The molecular weight excluding hydrogens is 470 g/mol. The summed E-state index contributed by atoms with van der Waals surface area (Å²) in [5, 5.41) is 18.7. The number of ether oxygens (including phenoxy) is 1. The second kappa shape index (κ2) is 6.99. The number of aryl methyl sites for hydroxylation is 1. The molecule has 38 heavy (non-hydrogen) atoms. The third-order valence-corrected chi connectivity index (χ3v) is 9.03. The fourth-order valence-corrected chi connectivity index (χ4v) is 6.93. The van der Waals surface area contributed by atoms with Gasteiger partial charge in [-0.2, -0.15) is 0 Å². The van der Waals surface area contributed by atoms with Crippen molar-refractivity contribution < 1.29 is 14.4 Å². The SMILES string of the molecule is COC1(O)C2c3ccc4cc(C(C)(C)C)ccc4c3-c3c4c5cc6ccccc6cc5n(C)c4nc[n+]3C21. The molecule has 1 N–H and O–H groups in total. The average molecular weight is 501 g/mol. The Kier molecular flexibility index (Phi) is 4.08. The Morgan fingerprint density at radius 1 is 0.947 bits per heavy atom. The minimum Gasteiger partial charge on any atom is -0.362 e. The Morgan fingerprint density at radius 2 is 1.71 bits per heavy atom. The molecule has 1 fully saturated rings. The highest BCUT2D eigenvalue weighted by atomic mass is 16.6. The molecule has 8 rings (SSSR count). The van der Waals surface area contributed by atoms with Gasteiger partial charge in [0.05, 0.1) is 11.4 Å². The molecule has 3 atom stereocenters. The number of methoxy groups -OCH3 is 1. The normalized spacial score (nSPS) is 22.2. The zero-order chi connectivity index (χ0) is 26.1. The Bertz CT molecular complexity index is 2000. The van der Waals surface area contributed by atoms with Crippen LogP contribution in [0.4, 0.5) is 0 Å². The summed E-state index contributed by atoms with van der Waals surface area (Å²) < 4.78 is 10.1. The highest BCUT2D eigenvalue weighted by molar-refractivity contribution is 6.17. The molecule has 0 spiro atoms. The van der Waals surface area contributed by atoms with Crippen LogP contribution in [-0.2, 0) is 17.2 Å². The number of nitrogens with zero attached hydrogens (tertiary/aromatic N) is 3. The first kappa shape index (κ1) is 22.2. The minimum atomic E-state index is -1.25. The monoisotopic (exact) mass is 500 g/mol. The lowest BCUT2D eigenvalue weighted by atomic mass is 9.83. The predicted octanol–water partition coefficient (Wildman–Crippen LogP) is 6.27. The maximum absolute atomic E-state index is 11.6. The smallest absolute Gasteiger partial charge is 0.289 e. The summed E-state index contributed by atoms with van der Waals surface area (Å²) in [5.41, 5.74) is 6.87. The maximum Gasteiger partial charge on any atom is 0.289 e. The van der Waals surface area contributed by atoms with E-state index in [1.165, 1.54) is 38.1 Å². The van der Waals surface area contributed by atoms with E-state index < -0.39 is 5.79 Å². The Labute approximate surface area is 220 Å². The van der Waals surface area contributed by atoms with Crippen molar-refractivity contribution in [1.82, 2.24) is 9.55 Å². The van der Waals surface area contributed by atoms with Gasteiger partial charge in [-0.15, -0.1) is 0 Å². The van der Waals surface area contributed by atoms with E-state index in [-0.39, 0.29) is 17.4 Å². The molecule has 1 aliphatic carbocycles. The third kappa shape index (κ3) is 2.63.